The highest BCUT2D eigenvalue weighted by Gasteiger charge is 2.25. The van der Waals surface area contributed by atoms with Gasteiger partial charge in [-0.15, -0.1) is 0 Å². The topological polar surface area (TPSA) is 104 Å². The molecule has 1 unspecified atom stereocenters. The molecule has 0 aromatic heterocycles. The summed E-state index contributed by atoms with van der Waals surface area (Å²) < 4.78 is 24.7. The Balaban J connectivity index is 0. The third kappa shape index (κ3) is 25.0. The zero-order valence-corrected chi connectivity index (χ0v) is 11.5. The van der Waals surface area contributed by atoms with Crippen molar-refractivity contribution < 1.29 is 28.3 Å². The Kier molecular flexibility index (Phi) is 7.24. The highest BCUT2D eigenvalue weighted by atomic mass is 31.2. The summed E-state index contributed by atoms with van der Waals surface area (Å²) >= 11 is 0. The maximum atomic E-state index is 10.9. The van der Waals surface area contributed by atoms with E-state index in [0.717, 1.165) is 6.66 Å². The fraction of sp³-hybridized carbons (Fsp3) is 1.00. The Hall–Kier alpha value is 0.300. The molecule has 0 saturated carbocycles. The Bertz CT molecular complexity index is 255. The van der Waals surface area contributed by atoms with E-state index < -0.39 is 15.2 Å². The molecule has 3 N–H and O–H groups in total. The molecule has 0 heterocycles. The fourth-order valence-electron chi connectivity index (χ4n) is 0.664. The summed E-state index contributed by atoms with van der Waals surface area (Å²) in [5, 5.41) is 0. The minimum absolute atomic E-state index is 0.152. The highest BCUT2D eigenvalue weighted by molar-refractivity contribution is 7.52. The maximum absolute atomic E-state index is 10.9. The van der Waals surface area contributed by atoms with E-state index in [-0.39, 0.29) is 11.6 Å². The second-order valence-corrected chi connectivity index (χ2v) is 8.00. The molecule has 0 aliphatic carbocycles. The first kappa shape index (κ1) is 17.7. The van der Waals surface area contributed by atoms with Gasteiger partial charge in [-0.1, -0.05) is 20.8 Å². The van der Waals surface area contributed by atoms with Crippen molar-refractivity contribution in [3.05, 3.63) is 0 Å². The molecule has 0 fully saturated rings. The average molecular weight is 262 g/mol. The quantitative estimate of drug-likeness (QED) is 0.654. The van der Waals surface area contributed by atoms with Crippen LogP contribution in [-0.4, -0.2) is 34.6 Å². The Morgan fingerprint density at radius 2 is 1.40 bits per heavy atom. The van der Waals surface area contributed by atoms with Gasteiger partial charge in [-0.3, -0.25) is 9.13 Å². The Morgan fingerprint density at radius 1 is 1.13 bits per heavy atom. The van der Waals surface area contributed by atoms with Crippen LogP contribution in [0.4, 0.5) is 0 Å². The van der Waals surface area contributed by atoms with E-state index in [9.17, 15) is 9.13 Å². The molecule has 0 aliphatic rings. The summed E-state index contributed by atoms with van der Waals surface area (Å²) in [7, 11) is -5.68. The van der Waals surface area contributed by atoms with Crippen molar-refractivity contribution >= 4 is 15.2 Å². The van der Waals surface area contributed by atoms with Crippen LogP contribution in [-0.2, 0) is 13.7 Å². The lowest BCUT2D eigenvalue weighted by atomic mass is 10.0. The summed E-state index contributed by atoms with van der Waals surface area (Å²) in [4.78, 5) is 24.3. The predicted molar refractivity (Wildman–Crippen MR) is 59.1 cm³/mol. The molecule has 15 heavy (non-hydrogen) atoms. The zero-order valence-electron chi connectivity index (χ0n) is 9.67. The first-order valence-corrected chi connectivity index (χ1v) is 8.00. The monoisotopic (exact) mass is 262 g/mol. The number of hydrogen-bond acceptors (Lipinski definition) is 3. The smallest absolute Gasteiger partial charge is 0.325 e. The van der Waals surface area contributed by atoms with Gasteiger partial charge in [-0.25, -0.2) is 0 Å². The third-order valence-electron chi connectivity index (χ3n) is 0.959. The highest BCUT2D eigenvalue weighted by Crippen LogP contribution is 2.45. The van der Waals surface area contributed by atoms with Gasteiger partial charge in [0.15, 0.2) is 0 Å². The van der Waals surface area contributed by atoms with Crippen molar-refractivity contribution in [1.29, 1.82) is 0 Å². The molecule has 0 aromatic carbocycles. The number of hydrogen-bond donors (Lipinski definition) is 3. The molecule has 1 atom stereocenters. The van der Waals surface area contributed by atoms with Crippen molar-refractivity contribution in [3.63, 3.8) is 0 Å². The second kappa shape index (κ2) is 6.14. The lowest BCUT2D eigenvalue weighted by Gasteiger charge is -2.20. The van der Waals surface area contributed by atoms with Crippen LogP contribution in [0.2, 0.25) is 0 Å². The van der Waals surface area contributed by atoms with E-state index >= 15 is 0 Å². The first-order valence-electron chi connectivity index (χ1n) is 4.17. The first-order chi connectivity index (χ1) is 6.27. The molecule has 0 bridgehead atoms. The third-order valence-corrected chi connectivity index (χ3v) is 2.88. The Labute approximate surface area is 90.4 Å². The second-order valence-electron chi connectivity index (χ2n) is 4.37. The van der Waals surface area contributed by atoms with Crippen LogP contribution in [0.25, 0.3) is 0 Å². The number of rotatable bonds is 2. The normalized spacial score (nSPS) is 16.3. The van der Waals surface area contributed by atoms with Crippen LogP contribution >= 0.6 is 15.2 Å². The van der Waals surface area contributed by atoms with E-state index in [1.807, 2.05) is 20.8 Å². The molecule has 0 aromatic rings. The van der Waals surface area contributed by atoms with Crippen LogP contribution < -0.4 is 0 Å². The van der Waals surface area contributed by atoms with Crippen LogP contribution in [0.3, 0.4) is 0 Å². The van der Waals surface area contributed by atoms with Gasteiger partial charge in [0.25, 0.3) is 0 Å². The standard InChI is InChI=1S/C6H15O3P.CH5O3P/c1-6(2,3)5-10(7,8)9-4;1-5(2,3)4/h5H2,1-4H3,(H,7,8);1H3,(H2,2,3,4). The molecular formula is C7H20O6P2. The minimum Gasteiger partial charge on any atom is -0.325 e. The van der Waals surface area contributed by atoms with Gasteiger partial charge >= 0.3 is 15.2 Å². The molecule has 0 amide bonds. The maximum Gasteiger partial charge on any atom is 0.328 e. The molecule has 0 saturated heterocycles. The minimum atomic E-state index is -3.64. The molecule has 6 nitrogen and oxygen atoms in total. The zero-order chi connectivity index (χ0) is 12.9. The molecule has 0 aliphatic heterocycles. The SMILES string of the molecule is COP(=O)(O)CC(C)(C)C.CP(=O)(O)O. The van der Waals surface area contributed by atoms with Crippen LogP contribution in [0, 0.1) is 5.41 Å². The summed E-state index contributed by atoms with van der Waals surface area (Å²) in [6.45, 7) is 6.55. The van der Waals surface area contributed by atoms with E-state index in [0.29, 0.717) is 0 Å². The summed E-state index contributed by atoms with van der Waals surface area (Å²) in [6, 6.07) is 0. The van der Waals surface area contributed by atoms with Gasteiger partial charge < -0.3 is 19.2 Å². The molecule has 0 spiro atoms. The van der Waals surface area contributed by atoms with Gasteiger partial charge in [-0.05, 0) is 5.41 Å². The summed E-state index contributed by atoms with van der Waals surface area (Å²) in [5.41, 5.74) is -0.152. The fourth-order valence-corrected chi connectivity index (χ4v) is 1.99. The van der Waals surface area contributed by atoms with Crippen molar-refractivity contribution in [2.45, 2.75) is 20.8 Å². The Morgan fingerprint density at radius 3 is 1.47 bits per heavy atom. The lowest BCUT2D eigenvalue weighted by molar-refractivity contribution is 0.297. The van der Waals surface area contributed by atoms with Gasteiger partial charge in [0.1, 0.15) is 0 Å². The van der Waals surface area contributed by atoms with Crippen LogP contribution in [0.15, 0.2) is 0 Å². The largest absolute Gasteiger partial charge is 0.328 e. The van der Waals surface area contributed by atoms with E-state index in [2.05, 4.69) is 4.52 Å². The predicted octanol–water partition coefficient (Wildman–Crippen LogP) is 1.66. The van der Waals surface area contributed by atoms with E-state index in [4.69, 9.17) is 14.7 Å². The molecular weight excluding hydrogens is 242 g/mol. The van der Waals surface area contributed by atoms with Gasteiger partial charge in [0, 0.05) is 13.8 Å². The van der Waals surface area contributed by atoms with Crippen LogP contribution in [0.5, 0.6) is 0 Å². The van der Waals surface area contributed by atoms with Crippen LogP contribution in [0.1, 0.15) is 20.8 Å². The summed E-state index contributed by atoms with van der Waals surface area (Å²) in [5.74, 6) is 0. The van der Waals surface area contributed by atoms with E-state index in [1.165, 1.54) is 7.11 Å². The van der Waals surface area contributed by atoms with E-state index in [1.54, 1.807) is 0 Å². The lowest BCUT2D eigenvalue weighted by Crippen LogP contribution is -2.12. The molecule has 8 heteroatoms. The van der Waals surface area contributed by atoms with Crippen molar-refractivity contribution in [1.82, 2.24) is 0 Å². The van der Waals surface area contributed by atoms with Crippen molar-refractivity contribution in [3.8, 4) is 0 Å². The van der Waals surface area contributed by atoms with Crippen molar-refractivity contribution in [2.24, 2.45) is 5.41 Å². The van der Waals surface area contributed by atoms with Gasteiger partial charge in [0.2, 0.25) is 0 Å². The molecule has 0 rings (SSSR count). The molecule has 0 radical (unpaired) electrons. The molecule has 94 valence electrons. The summed E-state index contributed by atoms with van der Waals surface area (Å²) in [6.07, 6.45) is 0.205. The van der Waals surface area contributed by atoms with Gasteiger partial charge in [-0.2, -0.15) is 0 Å². The average Bonchev–Trinajstić information content (AvgIpc) is 1.77. The van der Waals surface area contributed by atoms with Gasteiger partial charge in [0.05, 0.1) is 6.16 Å². The van der Waals surface area contributed by atoms with Crippen molar-refractivity contribution in [2.75, 3.05) is 19.9 Å².